The smallest absolute Gasteiger partial charge is 0.279 e. The summed E-state index contributed by atoms with van der Waals surface area (Å²) in [5, 5.41) is 7.20. The zero-order valence-corrected chi connectivity index (χ0v) is 9.98. The van der Waals surface area contributed by atoms with Crippen molar-refractivity contribution in [2.45, 2.75) is 19.4 Å². The number of carbonyl (C=O) groups is 1. The molecule has 0 spiro atoms. The standard InChI is InChI=1S/C12H14N4O2/c1-2-11(18-10-6-4-3-5-7-10)12(17)15-16-8-13-14-9-16/h3-9,11H,2H2,1H3,(H,15,17). The second-order valence-electron chi connectivity index (χ2n) is 3.67. The predicted octanol–water partition coefficient (Wildman–Crippen LogP) is 1.21. The molecule has 1 aromatic heterocycles. The number of nitrogens with one attached hydrogen (secondary N) is 1. The van der Waals surface area contributed by atoms with Crippen LogP contribution in [-0.2, 0) is 4.79 Å². The van der Waals surface area contributed by atoms with Crippen molar-refractivity contribution < 1.29 is 9.53 Å². The fourth-order valence-electron chi connectivity index (χ4n) is 1.44. The highest BCUT2D eigenvalue weighted by Gasteiger charge is 2.18. The van der Waals surface area contributed by atoms with Crippen LogP contribution in [0.1, 0.15) is 13.3 Å². The van der Waals surface area contributed by atoms with Gasteiger partial charge in [0, 0.05) is 0 Å². The summed E-state index contributed by atoms with van der Waals surface area (Å²) in [5.41, 5.74) is 2.62. The van der Waals surface area contributed by atoms with E-state index in [1.807, 2.05) is 37.3 Å². The Balaban J connectivity index is 1.98. The lowest BCUT2D eigenvalue weighted by Crippen LogP contribution is -2.36. The quantitative estimate of drug-likeness (QED) is 0.860. The molecule has 0 aliphatic rings. The first-order valence-corrected chi connectivity index (χ1v) is 5.67. The predicted molar refractivity (Wildman–Crippen MR) is 65.5 cm³/mol. The van der Waals surface area contributed by atoms with Gasteiger partial charge in [-0.25, -0.2) is 4.68 Å². The number of hydrogen-bond acceptors (Lipinski definition) is 4. The molecule has 6 nitrogen and oxygen atoms in total. The highest BCUT2D eigenvalue weighted by molar-refractivity contribution is 5.88. The van der Waals surface area contributed by atoms with Gasteiger partial charge in [0.15, 0.2) is 6.10 Å². The highest BCUT2D eigenvalue weighted by atomic mass is 16.5. The van der Waals surface area contributed by atoms with E-state index < -0.39 is 6.10 Å². The van der Waals surface area contributed by atoms with Crippen molar-refractivity contribution in [2.24, 2.45) is 0 Å². The van der Waals surface area contributed by atoms with E-state index in [1.54, 1.807) is 0 Å². The van der Waals surface area contributed by atoms with Crippen molar-refractivity contribution >= 4 is 5.91 Å². The molecule has 94 valence electrons. The average Bonchev–Trinajstić information content (AvgIpc) is 2.90. The van der Waals surface area contributed by atoms with Crippen molar-refractivity contribution in [3.05, 3.63) is 43.0 Å². The maximum atomic E-state index is 11.9. The van der Waals surface area contributed by atoms with Gasteiger partial charge in [-0.05, 0) is 18.6 Å². The van der Waals surface area contributed by atoms with Gasteiger partial charge >= 0.3 is 0 Å². The number of aromatic nitrogens is 3. The maximum absolute atomic E-state index is 11.9. The second-order valence-corrected chi connectivity index (χ2v) is 3.67. The van der Waals surface area contributed by atoms with Crippen LogP contribution in [-0.4, -0.2) is 26.9 Å². The molecule has 0 aliphatic carbocycles. The van der Waals surface area contributed by atoms with Gasteiger partial charge in [-0.1, -0.05) is 25.1 Å². The lowest BCUT2D eigenvalue weighted by atomic mass is 10.2. The Morgan fingerprint density at radius 2 is 2.00 bits per heavy atom. The summed E-state index contributed by atoms with van der Waals surface area (Å²) in [4.78, 5) is 11.9. The third kappa shape index (κ3) is 3.07. The lowest BCUT2D eigenvalue weighted by Gasteiger charge is -2.17. The zero-order valence-electron chi connectivity index (χ0n) is 9.98. The van der Waals surface area contributed by atoms with Gasteiger partial charge in [0.1, 0.15) is 18.4 Å². The van der Waals surface area contributed by atoms with Crippen LogP contribution in [0.25, 0.3) is 0 Å². The minimum atomic E-state index is -0.546. The summed E-state index contributed by atoms with van der Waals surface area (Å²) in [5.74, 6) is 0.435. The Hall–Kier alpha value is -2.37. The third-order valence-electron chi connectivity index (χ3n) is 2.34. The van der Waals surface area contributed by atoms with Gasteiger partial charge < -0.3 is 4.74 Å². The molecule has 1 amide bonds. The SMILES string of the molecule is CCC(Oc1ccccc1)C(=O)Nn1cnnc1. The van der Waals surface area contributed by atoms with Gasteiger partial charge in [0.25, 0.3) is 5.91 Å². The number of nitrogens with zero attached hydrogens (tertiary/aromatic N) is 3. The monoisotopic (exact) mass is 246 g/mol. The van der Waals surface area contributed by atoms with E-state index in [0.29, 0.717) is 12.2 Å². The van der Waals surface area contributed by atoms with E-state index in [4.69, 9.17) is 4.74 Å². The Labute approximate surface area is 105 Å². The highest BCUT2D eigenvalue weighted by Crippen LogP contribution is 2.12. The molecular weight excluding hydrogens is 232 g/mol. The summed E-state index contributed by atoms with van der Waals surface area (Å²) in [6.45, 7) is 1.89. The molecule has 1 aromatic carbocycles. The number of para-hydroxylation sites is 1. The van der Waals surface area contributed by atoms with Crippen LogP contribution < -0.4 is 10.2 Å². The Morgan fingerprint density at radius 1 is 1.33 bits per heavy atom. The van der Waals surface area contributed by atoms with Crippen LogP contribution in [0.3, 0.4) is 0 Å². The molecule has 0 fully saturated rings. The maximum Gasteiger partial charge on any atom is 0.279 e. The van der Waals surface area contributed by atoms with Crippen molar-refractivity contribution in [3.63, 3.8) is 0 Å². The first kappa shape index (κ1) is 12.1. The van der Waals surface area contributed by atoms with Crippen molar-refractivity contribution in [2.75, 3.05) is 5.43 Å². The number of benzene rings is 1. The molecule has 1 atom stereocenters. The fraction of sp³-hybridized carbons (Fsp3) is 0.250. The van der Waals surface area contributed by atoms with E-state index in [0.717, 1.165) is 0 Å². The zero-order chi connectivity index (χ0) is 12.8. The van der Waals surface area contributed by atoms with Gasteiger partial charge in [-0.15, -0.1) is 10.2 Å². The molecule has 0 radical (unpaired) electrons. The molecule has 0 saturated heterocycles. The van der Waals surface area contributed by atoms with Crippen LogP contribution in [0.4, 0.5) is 0 Å². The second kappa shape index (κ2) is 5.81. The Kier molecular flexibility index (Phi) is 3.90. The van der Waals surface area contributed by atoms with Gasteiger partial charge in [0.05, 0.1) is 0 Å². The van der Waals surface area contributed by atoms with Crippen LogP contribution in [0.15, 0.2) is 43.0 Å². The summed E-state index contributed by atoms with van der Waals surface area (Å²) >= 11 is 0. The minimum Gasteiger partial charge on any atom is -0.481 e. The molecule has 2 rings (SSSR count). The first-order valence-electron chi connectivity index (χ1n) is 5.67. The molecular formula is C12H14N4O2. The lowest BCUT2D eigenvalue weighted by molar-refractivity contribution is -0.123. The van der Waals surface area contributed by atoms with E-state index >= 15 is 0 Å². The van der Waals surface area contributed by atoms with Gasteiger partial charge in [-0.3, -0.25) is 10.2 Å². The van der Waals surface area contributed by atoms with E-state index in [2.05, 4.69) is 15.6 Å². The molecule has 18 heavy (non-hydrogen) atoms. The van der Waals surface area contributed by atoms with E-state index in [-0.39, 0.29) is 5.91 Å². The van der Waals surface area contributed by atoms with Crippen LogP contribution in [0, 0.1) is 0 Å². The third-order valence-corrected chi connectivity index (χ3v) is 2.34. The number of carbonyl (C=O) groups excluding carboxylic acids is 1. The topological polar surface area (TPSA) is 69.0 Å². The van der Waals surface area contributed by atoms with Crippen LogP contribution in [0.2, 0.25) is 0 Å². The molecule has 0 saturated carbocycles. The Bertz CT molecular complexity index is 484. The number of hydrogen-bond donors (Lipinski definition) is 1. The van der Waals surface area contributed by atoms with Gasteiger partial charge in [-0.2, -0.15) is 0 Å². The van der Waals surface area contributed by atoms with Crippen molar-refractivity contribution in [1.29, 1.82) is 0 Å². The number of ether oxygens (including phenoxy) is 1. The number of rotatable bonds is 5. The molecule has 6 heteroatoms. The van der Waals surface area contributed by atoms with E-state index in [1.165, 1.54) is 17.3 Å². The number of amides is 1. The molecule has 1 heterocycles. The minimum absolute atomic E-state index is 0.235. The molecule has 0 aliphatic heterocycles. The van der Waals surface area contributed by atoms with Crippen LogP contribution >= 0.6 is 0 Å². The molecule has 0 bridgehead atoms. The summed E-state index contributed by atoms with van der Waals surface area (Å²) in [7, 11) is 0. The first-order chi connectivity index (χ1) is 8.79. The summed E-state index contributed by atoms with van der Waals surface area (Å²) in [6.07, 6.45) is 2.85. The summed E-state index contributed by atoms with van der Waals surface area (Å²) < 4.78 is 7.00. The van der Waals surface area contributed by atoms with Crippen LogP contribution in [0.5, 0.6) is 5.75 Å². The molecule has 1 N–H and O–H groups in total. The largest absolute Gasteiger partial charge is 0.481 e. The molecule has 1 unspecified atom stereocenters. The fourth-order valence-corrected chi connectivity index (χ4v) is 1.44. The summed E-state index contributed by atoms with van der Waals surface area (Å²) in [6, 6.07) is 9.24. The molecule has 2 aromatic rings. The average molecular weight is 246 g/mol. The van der Waals surface area contributed by atoms with Crippen molar-refractivity contribution in [1.82, 2.24) is 14.9 Å². The normalized spacial score (nSPS) is 11.8. The van der Waals surface area contributed by atoms with Gasteiger partial charge in [0.2, 0.25) is 0 Å². The van der Waals surface area contributed by atoms with E-state index in [9.17, 15) is 4.79 Å². The van der Waals surface area contributed by atoms with Crippen molar-refractivity contribution in [3.8, 4) is 5.75 Å². The Morgan fingerprint density at radius 3 is 2.61 bits per heavy atom.